The molecule has 1 amide bonds. The molecule has 0 atom stereocenters. The van der Waals surface area contributed by atoms with Crippen molar-refractivity contribution >= 4 is 33.3 Å². The van der Waals surface area contributed by atoms with Gasteiger partial charge in [0, 0.05) is 31.9 Å². The molecule has 8 heteroatoms. The summed E-state index contributed by atoms with van der Waals surface area (Å²) in [4.78, 5) is 17.7. The van der Waals surface area contributed by atoms with E-state index in [2.05, 4.69) is 10.3 Å². The minimum atomic E-state index is -4.48. The van der Waals surface area contributed by atoms with E-state index in [1.54, 1.807) is 4.90 Å². The van der Waals surface area contributed by atoms with Crippen LogP contribution >= 0.6 is 11.3 Å². The quantitative estimate of drug-likeness (QED) is 0.927. The number of halogens is 3. The molecule has 1 saturated heterocycles. The Labute approximate surface area is 122 Å². The third-order valence-corrected chi connectivity index (χ3v) is 4.31. The van der Waals surface area contributed by atoms with Gasteiger partial charge in [0.2, 0.25) is 0 Å². The van der Waals surface area contributed by atoms with Crippen molar-refractivity contribution in [2.45, 2.75) is 6.18 Å². The molecule has 0 spiro atoms. The second-order valence-corrected chi connectivity index (χ2v) is 5.51. The van der Waals surface area contributed by atoms with Crippen molar-refractivity contribution in [1.82, 2.24) is 10.3 Å². The zero-order chi connectivity index (χ0) is 15.2. The van der Waals surface area contributed by atoms with Gasteiger partial charge >= 0.3 is 6.18 Å². The van der Waals surface area contributed by atoms with Crippen molar-refractivity contribution in [3.63, 3.8) is 0 Å². The molecule has 1 radical (unpaired) electrons. The fourth-order valence-corrected chi connectivity index (χ4v) is 3.13. The molecule has 1 N–H and O–H groups in total. The van der Waals surface area contributed by atoms with Crippen molar-refractivity contribution in [2.24, 2.45) is 0 Å². The highest BCUT2D eigenvalue weighted by Crippen LogP contribution is 2.40. The average molecular weight is 314 g/mol. The largest absolute Gasteiger partial charge is 0.417 e. The number of pyridine rings is 1. The lowest BCUT2D eigenvalue weighted by Crippen LogP contribution is -2.38. The molecule has 3 heterocycles. The van der Waals surface area contributed by atoms with Crippen LogP contribution in [0.1, 0.15) is 15.9 Å². The zero-order valence-electron chi connectivity index (χ0n) is 11.0. The van der Waals surface area contributed by atoms with Crippen molar-refractivity contribution in [3.8, 4) is 0 Å². The summed E-state index contributed by atoms with van der Waals surface area (Å²) in [6.45, 7) is 1.13. The number of fused-ring (bicyclic) bond motifs is 1. The number of nitrogens with zero attached hydrogens (tertiary/aromatic N) is 2. The lowest BCUT2D eigenvalue weighted by atomic mass is 10.1. The first-order valence-corrected chi connectivity index (χ1v) is 7.08. The van der Waals surface area contributed by atoms with E-state index in [-0.39, 0.29) is 21.6 Å². The van der Waals surface area contributed by atoms with E-state index < -0.39 is 17.6 Å². The van der Waals surface area contributed by atoms with Crippen LogP contribution in [0, 0.1) is 6.42 Å². The van der Waals surface area contributed by atoms with E-state index in [0.717, 1.165) is 17.4 Å². The monoisotopic (exact) mass is 314 g/mol. The Balaban J connectivity index is 2.24. The molecule has 2 aromatic heterocycles. The lowest BCUT2D eigenvalue weighted by Gasteiger charge is -2.32. The van der Waals surface area contributed by atoms with Crippen molar-refractivity contribution in [1.29, 1.82) is 0 Å². The van der Waals surface area contributed by atoms with Gasteiger partial charge in [-0.15, -0.1) is 11.3 Å². The molecule has 4 nitrogen and oxygen atoms in total. The first-order chi connectivity index (χ1) is 9.91. The first-order valence-electron chi connectivity index (χ1n) is 6.20. The number of rotatable bonds is 2. The van der Waals surface area contributed by atoms with Gasteiger partial charge in [0.15, 0.2) is 0 Å². The molecule has 1 aliphatic heterocycles. The number of carbonyl (C=O) groups excluding carboxylic acids is 1. The summed E-state index contributed by atoms with van der Waals surface area (Å²) < 4.78 is 39.7. The van der Waals surface area contributed by atoms with Crippen LogP contribution in [-0.2, 0) is 6.18 Å². The molecule has 0 saturated carbocycles. The van der Waals surface area contributed by atoms with Crippen LogP contribution in [0.15, 0.2) is 11.4 Å². The van der Waals surface area contributed by atoms with Crippen LogP contribution in [0.4, 0.5) is 19.0 Å². The number of aromatic nitrogens is 1. The van der Waals surface area contributed by atoms with Crippen LogP contribution in [0.25, 0.3) is 10.2 Å². The predicted molar refractivity (Wildman–Crippen MR) is 74.5 cm³/mol. The highest BCUT2D eigenvalue weighted by atomic mass is 32.1. The van der Waals surface area contributed by atoms with Gasteiger partial charge in [0.05, 0.1) is 21.3 Å². The van der Waals surface area contributed by atoms with Crippen molar-refractivity contribution in [2.75, 3.05) is 25.0 Å². The SMILES string of the molecule is CNC(=O)c1csc2c(C(F)(F)F)cc(N3C[CH]C3)nc12. The van der Waals surface area contributed by atoms with Crippen molar-refractivity contribution < 1.29 is 18.0 Å². The average Bonchev–Trinajstić information content (AvgIpc) is 2.77. The minimum absolute atomic E-state index is 0.00523. The van der Waals surface area contributed by atoms with E-state index in [1.165, 1.54) is 12.4 Å². The maximum Gasteiger partial charge on any atom is 0.417 e. The molecule has 1 fully saturated rings. The van der Waals surface area contributed by atoms with Gasteiger partial charge in [0.25, 0.3) is 5.91 Å². The molecular weight excluding hydrogens is 303 g/mol. The Morgan fingerprint density at radius 1 is 1.43 bits per heavy atom. The van der Waals surface area contributed by atoms with Gasteiger partial charge in [-0.2, -0.15) is 13.2 Å². The first kappa shape index (κ1) is 14.1. The van der Waals surface area contributed by atoms with Crippen LogP contribution in [0.2, 0.25) is 0 Å². The second kappa shape index (κ2) is 4.87. The Bertz CT molecular complexity index is 706. The van der Waals surface area contributed by atoms with E-state index >= 15 is 0 Å². The fraction of sp³-hybridized carbons (Fsp3) is 0.308. The molecule has 0 unspecified atom stereocenters. The van der Waals surface area contributed by atoms with E-state index in [0.29, 0.717) is 13.1 Å². The number of nitrogens with one attached hydrogen (secondary N) is 1. The van der Waals surface area contributed by atoms with E-state index in [4.69, 9.17) is 0 Å². The van der Waals surface area contributed by atoms with E-state index in [1.807, 2.05) is 6.42 Å². The molecule has 21 heavy (non-hydrogen) atoms. The summed E-state index contributed by atoms with van der Waals surface area (Å²) in [6.07, 6.45) is -2.54. The summed E-state index contributed by atoms with van der Waals surface area (Å²) in [7, 11) is 1.44. The Morgan fingerprint density at radius 2 is 2.14 bits per heavy atom. The smallest absolute Gasteiger partial charge is 0.356 e. The molecule has 1 aliphatic rings. The number of amides is 1. The number of hydrogen-bond donors (Lipinski definition) is 1. The number of anilines is 1. The molecule has 0 bridgehead atoms. The standard InChI is InChI=1S/C13H11F3N3OS/c1-17-12(20)7-6-21-11-8(13(14,15)16)5-9(18-10(7)11)19-3-2-4-19/h2,5-6H,3-4H2,1H3,(H,17,20). The lowest BCUT2D eigenvalue weighted by molar-refractivity contribution is -0.136. The number of thiophene rings is 1. The highest BCUT2D eigenvalue weighted by Gasteiger charge is 2.36. The predicted octanol–water partition coefficient (Wildman–Crippen LogP) is 2.70. The molecule has 0 aliphatic carbocycles. The number of carbonyl (C=O) groups is 1. The third-order valence-electron chi connectivity index (χ3n) is 3.31. The fourth-order valence-electron chi connectivity index (χ4n) is 2.11. The zero-order valence-corrected chi connectivity index (χ0v) is 11.8. The Kier molecular flexibility index (Phi) is 3.27. The van der Waals surface area contributed by atoms with Gasteiger partial charge in [0.1, 0.15) is 5.82 Å². The Hall–Kier alpha value is -1.83. The van der Waals surface area contributed by atoms with Gasteiger partial charge in [-0.05, 0) is 6.07 Å². The summed E-state index contributed by atoms with van der Waals surface area (Å²) in [5, 5.41) is 3.84. The van der Waals surface area contributed by atoms with Crippen LogP contribution in [0.5, 0.6) is 0 Å². The van der Waals surface area contributed by atoms with Gasteiger partial charge in [-0.1, -0.05) is 0 Å². The van der Waals surface area contributed by atoms with Crippen LogP contribution in [0.3, 0.4) is 0 Å². The second-order valence-electron chi connectivity index (χ2n) is 4.63. The molecular formula is C13H11F3N3OS. The van der Waals surface area contributed by atoms with Crippen LogP contribution < -0.4 is 10.2 Å². The minimum Gasteiger partial charge on any atom is -0.356 e. The normalized spacial score (nSPS) is 15.1. The third kappa shape index (κ3) is 2.33. The maximum atomic E-state index is 13.2. The molecule has 111 valence electrons. The highest BCUT2D eigenvalue weighted by molar-refractivity contribution is 7.17. The number of hydrogen-bond acceptors (Lipinski definition) is 4. The van der Waals surface area contributed by atoms with Crippen LogP contribution in [-0.4, -0.2) is 31.0 Å². The summed E-state index contributed by atoms with van der Waals surface area (Å²) in [5.74, 6) is -0.185. The Morgan fingerprint density at radius 3 is 2.67 bits per heavy atom. The molecule has 3 rings (SSSR count). The van der Waals surface area contributed by atoms with E-state index in [9.17, 15) is 18.0 Å². The van der Waals surface area contributed by atoms with Gasteiger partial charge in [-0.3, -0.25) is 4.79 Å². The van der Waals surface area contributed by atoms with Gasteiger partial charge < -0.3 is 10.2 Å². The topological polar surface area (TPSA) is 45.2 Å². The number of alkyl halides is 3. The summed E-state index contributed by atoms with van der Waals surface area (Å²) >= 11 is 0.888. The maximum absolute atomic E-state index is 13.2. The summed E-state index contributed by atoms with van der Waals surface area (Å²) in [5.41, 5.74) is -0.458. The molecule has 0 aromatic carbocycles. The van der Waals surface area contributed by atoms with Crippen molar-refractivity contribution in [3.05, 3.63) is 29.0 Å². The van der Waals surface area contributed by atoms with Gasteiger partial charge in [-0.25, -0.2) is 4.98 Å². The summed E-state index contributed by atoms with van der Waals surface area (Å²) in [6, 6.07) is 1.06. The molecule has 2 aromatic rings.